The Morgan fingerprint density at radius 1 is 1.22 bits per heavy atom. The summed E-state index contributed by atoms with van der Waals surface area (Å²) < 4.78 is 5.61. The molecular formula is C14H22N2O2. The van der Waals surface area contributed by atoms with Crippen molar-refractivity contribution in [1.82, 2.24) is 9.97 Å². The second kappa shape index (κ2) is 5.33. The minimum Gasteiger partial charge on any atom is -0.394 e. The summed E-state index contributed by atoms with van der Waals surface area (Å²) in [5.74, 6) is 1.59. The molecule has 0 spiro atoms. The molecule has 1 unspecified atom stereocenters. The van der Waals surface area contributed by atoms with E-state index in [0.29, 0.717) is 24.9 Å². The van der Waals surface area contributed by atoms with Crippen LogP contribution >= 0.6 is 0 Å². The van der Waals surface area contributed by atoms with Crippen molar-refractivity contribution in [2.45, 2.75) is 58.7 Å². The molecule has 0 aliphatic carbocycles. The van der Waals surface area contributed by atoms with Crippen LogP contribution in [0.5, 0.6) is 0 Å². The van der Waals surface area contributed by atoms with Crippen molar-refractivity contribution in [3.05, 3.63) is 22.8 Å². The average Bonchev–Trinajstić information content (AvgIpc) is 2.36. The number of fused-ring (bicyclic) bond motifs is 1. The number of nitrogens with zero attached hydrogens (tertiary/aromatic N) is 2. The summed E-state index contributed by atoms with van der Waals surface area (Å²) in [4.78, 5) is 9.33. The van der Waals surface area contributed by atoms with E-state index in [1.54, 1.807) is 0 Å². The van der Waals surface area contributed by atoms with Crippen molar-refractivity contribution in [2.24, 2.45) is 0 Å². The third kappa shape index (κ3) is 2.54. The van der Waals surface area contributed by atoms with Crippen LogP contribution in [0.25, 0.3) is 0 Å². The highest BCUT2D eigenvalue weighted by Crippen LogP contribution is 2.27. The Morgan fingerprint density at radius 2 is 1.94 bits per heavy atom. The van der Waals surface area contributed by atoms with E-state index in [0.717, 1.165) is 22.8 Å². The zero-order valence-electron chi connectivity index (χ0n) is 11.6. The number of hydrogen-bond donors (Lipinski definition) is 1. The molecule has 2 rings (SSSR count). The lowest BCUT2D eigenvalue weighted by Crippen LogP contribution is -2.28. The van der Waals surface area contributed by atoms with E-state index in [-0.39, 0.29) is 12.7 Å². The SMILES string of the molecule is CC(C)c1nc2c(c(C(C)C)n1)COC(CO)C2. The van der Waals surface area contributed by atoms with E-state index >= 15 is 0 Å². The number of aliphatic hydroxyl groups excluding tert-OH is 1. The Bertz CT molecular complexity index is 430. The van der Waals surface area contributed by atoms with E-state index in [9.17, 15) is 5.11 Å². The molecule has 0 bridgehead atoms. The molecule has 1 aromatic rings. The molecular weight excluding hydrogens is 228 g/mol. The fourth-order valence-electron chi connectivity index (χ4n) is 2.22. The summed E-state index contributed by atoms with van der Waals surface area (Å²) in [6.07, 6.45) is 0.570. The summed E-state index contributed by atoms with van der Waals surface area (Å²) in [5.41, 5.74) is 3.28. The van der Waals surface area contributed by atoms with Crippen molar-refractivity contribution >= 4 is 0 Å². The Balaban J connectivity index is 2.46. The minimum absolute atomic E-state index is 0.0530. The predicted octanol–water partition coefficient (Wildman–Crippen LogP) is 2.16. The van der Waals surface area contributed by atoms with Crippen LogP contribution in [0.15, 0.2) is 0 Å². The van der Waals surface area contributed by atoms with Gasteiger partial charge in [-0.2, -0.15) is 0 Å². The van der Waals surface area contributed by atoms with Gasteiger partial charge in [-0.1, -0.05) is 27.7 Å². The lowest BCUT2D eigenvalue weighted by molar-refractivity contribution is -0.00900. The molecule has 1 atom stereocenters. The number of hydrogen-bond acceptors (Lipinski definition) is 4. The standard InChI is InChI=1S/C14H22N2O2/c1-8(2)13-11-7-18-10(6-17)5-12(11)15-14(16-13)9(3)4/h8-10,17H,5-7H2,1-4H3. The molecule has 0 aromatic carbocycles. The third-order valence-corrected chi connectivity index (χ3v) is 3.29. The van der Waals surface area contributed by atoms with Crippen LogP contribution in [0.3, 0.4) is 0 Å². The van der Waals surface area contributed by atoms with Crippen LogP contribution in [0.1, 0.15) is 62.3 Å². The molecule has 0 amide bonds. The summed E-state index contributed by atoms with van der Waals surface area (Å²) in [7, 11) is 0. The number of aliphatic hydroxyl groups is 1. The van der Waals surface area contributed by atoms with Gasteiger partial charge >= 0.3 is 0 Å². The molecule has 0 saturated carbocycles. The van der Waals surface area contributed by atoms with E-state index in [1.165, 1.54) is 0 Å². The van der Waals surface area contributed by atoms with Crippen LogP contribution in [0, 0.1) is 0 Å². The van der Waals surface area contributed by atoms with Gasteiger partial charge in [-0.05, 0) is 5.92 Å². The Morgan fingerprint density at radius 3 is 2.50 bits per heavy atom. The van der Waals surface area contributed by atoms with Gasteiger partial charge in [0.2, 0.25) is 0 Å². The van der Waals surface area contributed by atoms with Gasteiger partial charge in [0.05, 0.1) is 30.7 Å². The molecule has 18 heavy (non-hydrogen) atoms. The Kier molecular flexibility index (Phi) is 3.97. The minimum atomic E-state index is -0.118. The van der Waals surface area contributed by atoms with Crippen molar-refractivity contribution in [3.63, 3.8) is 0 Å². The first-order valence-electron chi connectivity index (χ1n) is 6.65. The van der Waals surface area contributed by atoms with Crippen molar-refractivity contribution < 1.29 is 9.84 Å². The van der Waals surface area contributed by atoms with Gasteiger partial charge in [-0.3, -0.25) is 0 Å². The van der Waals surface area contributed by atoms with Gasteiger partial charge in [0.25, 0.3) is 0 Å². The van der Waals surface area contributed by atoms with E-state index in [2.05, 4.69) is 37.7 Å². The highest BCUT2D eigenvalue weighted by molar-refractivity contribution is 5.30. The van der Waals surface area contributed by atoms with Crippen LogP contribution < -0.4 is 0 Å². The first-order chi connectivity index (χ1) is 8.52. The Labute approximate surface area is 108 Å². The lowest BCUT2D eigenvalue weighted by Gasteiger charge is -2.26. The number of aromatic nitrogens is 2. The fraction of sp³-hybridized carbons (Fsp3) is 0.714. The van der Waals surface area contributed by atoms with Crippen LogP contribution in [0.4, 0.5) is 0 Å². The topological polar surface area (TPSA) is 55.2 Å². The maximum Gasteiger partial charge on any atom is 0.131 e. The average molecular weight is 250 g/mol. The molecule has 0 saturated heterocycles. The summed E-state index contributed by atoms with van der Waals surface area (Å²) in [6.45, 7) is 9.07. The normalized spacial score (nSPS) is 19.4. The van der Waals surface area contributed by atoms with Crippen LogP contribution in [-0.4, -0.2) is 27.8 Å². The monoisotopic (exact) mass is 250 g/mol. The van der Waals surface area contributed by atoms with Gasteiger partial charge in [-0.15, -0.1) is 0 Å². The van der Waals surface area contributed by atoms with E-state index in [4.69, 9.17) is 4.74 Å². The summed E-state index contributed by atoms with van der Waals surface area (Å²) >= 11 is 0. The molecule has 100 valence electrons. The van der Waals surface area contributed by atoms with Crippen molar-refractivity contribution in [1.29, 1.82) is 0 Å². The van der Waals surface area contributed by atoms with E-state index < -0.39 is 0 Å². The molecule has 1 aliphatic rings. The summed E-state index contributed by atoms with van der Waals surface area (Å²) in [6, 6.07) is 0. The first kappa shape index (κ1) is 13.4. The van der Waals surface area contributed by atoms with Gasteiger partial charge < -0.3 is 9.84 Å². The molecule has 1 aromatic heterocycles. The second-order valence-corrected chi connectivity index (χ2v) is 5.52. The number of ether oxygens (including phenoxy) is 1. The zero-order chi connectivity index (χ0) is 13.3. The van der Waals surface area contributed by atoms with Gasteiger partial charge in [-0.25, -0.2) is 9.97 Å². The molecule has 0 fully saturated rings. The zero-order valence-corrected chi connectivity index (χ0v) is 11.6. The third-order valence-electron chi connectivity index (χ3n) is 3.29. The molecule has 2 heterocycles. The van der Waals surface area contributed by atoms with Crippen molar-refractivity contribution in [2.75, 3.05) is 6.61 Å². The molecule has 4 nitrogen and oxygen atoms in total. The molecule has 4 heteroatoms. The van der Waals surface area contributed by atoms with E-state index in [1.807, 2.05) is 0 Å². The maximum atomic E-state index is 9.21. The van der Waals surface area contributed by atoms with Gasteiger partial charge in [0.15, 0.2) is 0 Å². The number of rotatable bonds is 3. The molecule has 1 N–H and O–H groups in total. The maximum absolute atomic E-state index is 9.21. The first-order valence-corrected chi connectivity index (χ1v) is 6.65. The Hall–Kier alpha value is -1.00. The predicted molar refractivity (Wildman–Crippen MR) is 69.6 cm³/mol. The largest absolute Gasteiger partial charge is 0.394 e. The van der Waals surface area contributed by atoms with Crippen LogP contribution in [-0.2, 0) is 17.8 Å². The summed E-state index contributed by atoms with van der Waals surface area (Å²) in [5, 5.41) is 9.21. The quantitative estimate of drug-likeness (QED) is 0.893. The highest BCUT2D eigenvalue weighted by Gasteiger charge is 2.25. The lowest BCUT2D eigenvalue weighted by atomic mass is 9.97. The van der Waals surface area contributed by atoms with Gasteiger partial charge in [0.1, 0.15) is 5.82 Å². The second-order valence-electron chi connectivity index (χ2n) is 5.52. The fourth-order valence-corrected chi connectivity index (χ4v) is 2.22. The van der Waals surface area contributed by atoms with Gasteiger partial charge in [0, 0.05) is 17.9 Å². The molecule has 1 aliphatic heterocycles. The van der Waals surface area contributed by atoms with Crippen molar-refractivity contribution in [3.8, 4) is 0 Å². The highest BCUT2D eigenvalue weighted by atomic mass is 16.5. The molecule has 0 radical (unpaired) electrons. The smallest absolute Gasteiger partial charge is 0.131 e. The van der Waals surface area contributed by atoms with Crippen LogP contribution in [0.2, 0.25) is 0 Å².